The minimum Gasteiger partial charge on any atom is -0.392 e. The minimum atomic E-state index is -0.298. The molecule has 0 rings (SSSR count). The molecule has 1 unspecified atom stereocenters. The van der Waals surface area contributed by atoms with E-state index < -0.39 is 0 Å². The molecule has 0 aliphatic heterocycles. The van der Waals surface area contributed by atoms with Gasteiger partial charge in [-0.1, -0.05) is 6.92 Å². The molecule has 0 aromatic rings. The summed E-state index contributed by atoms with van der Waals surface area (Å²) < 4.78 is 0. The third kappa shape index (κ3) is 6.47. The van der Waals surface area contributed by atoms with Gasteiger partial charge in [0, 0.05) is 32.6 Å². The monoisotopic (exact) mass is 216 g/mol. The van der Waals surface area contributed by atoms with Crippen LogP contribution < -0.4 is 5.32 Å². The van der Waals surface area contributed by atoms with Crippen molar-refractivity contribution in [2.45, 2.75) is 39.7 Å². The highest BCUT2D eigenvalue weighted by molar-refractivity contribution is 5.76. The standard InChI is InChI=1S/C11H24N2O2/c1-4-10(14)9-12-8-7-11(15)13(5-2)6-3/h10,12,14H,4-9H2,1-3H3. The first kappa shape index (κ1) is 14.4. The van der Waals surface area contributed by atoms with Crippen LogP contribution in [0, 0.1) is 0 Å². The van der Waals surface area contributed by atoms with Gasteiger partial charge in [0.15, 0.2) is 0 Å². The lowest BCUT2D eigenvalue weighted by Gasteiger charge is -2.18. The Bertz CT molecular complexity index is 170. The predicted octanol–water partition coefficient (Wildman–Crippen LogP) is 0.605. The molecule has 15 heavy (non-hydrogen) atoms. The number of nitrogens with zero attached hydrogens (tertiary/aromatic N) is 1. The summed E-state index contributed by atoms with van der Waals surface area (Å²) in [6.45, 7) is 8.66. The normalized spacial score (nSPS) is 12.5. The summed E-state index contributed by atoms with van der Waals surface area (Å²) in [5.41, 5.74) is 0. The van der Waals surface area contributed by atoms with Gasteiger partial charge in [-0.05, 0) is 20.3 Å². The second-order valence-electron chi connectivity index (χ2n) is 3.58. The van der Waals surface area contributed by atoms with Crippen LogP contribution >= 0.6 is 0 Å². The lowest BCUT2D eigenvalue weighted by atomic mass is 10.2. The fourth-order valence-corrected chi connectivity index (χ4v) is 1.34. The third-order valence-electron chi connectivity index (χ3n) is 2.48. The summed E-state index contributed by atoms with van der Waals surface area (Å²) >= 11 is 0. The van der Waals surface area contributed by atoms with Crippen LogP contribution in [-0.4, -0.2) is 48.2 Å². The lowest BCUT2D eigenvalue weighted by Crippen LogP contribution is -2.34. The van der Waals surface area contributed by atoms with Crippen molar-refractivity contribution < 1.29 is 9.90 Å². The van der Waals surface area contributed by atoms with Crippen LogP contribution in [0.15, 0.2) is 0 Å². The molecule has 0 aromatic carbocycles. The Balaban J connectivity index is 3.54. The van der Waals surface area contributed by atoms with Crippen molar-refractivity contribution in [1.82, 2.24) is 10.2 Å². The number of nitrogens with one attached hydrogen (secondary N) is 1. The van der Waals surface area contributed by atoms with Crippen molar-refractivity contribution in [1.29, 1.82) is 0 Å². The van der Waals surface area contributed by atoms with E-state index in [1.165, 1.54) is 0 Å². The highest BCUT2D eigenvalue weighted by atomic mass is 16.3. The molecule has 2 N–H and O–H groups in total. The summed E-state index contributed by atoms with van der Waals surface area (Å²) in [7, 11) is 0. The summed E-state index contributed by atoms with van der Waals surface area (Å²) in [6.07, 6.45) is 0.961. The maximum absolute atomic E-state index is 11.5. The number of carbonyl (C=O) groups is 1. The molecular weight excluding hydrogens is 192 g/mol. The molecule has 0 heterocycles. The van der Waals surface area contributed by atoms with Gasteiger partial charge in [0.05, 0.1) is 6.10 Å². The number of amides is 1. The molecule has 0 fully saturated rings. The summed E-state index contributed by atoms with van der Waals surface area (Å²) in [5.74, 6) is 0.179. The van der Waals surface area contributed by atoms with Crippen molar-refractivity contribution in [3.8, 4) is 0 Å². The number of hydrogen-bond donors (Lipinski definition) is 2. The molecule has 4 nitrogen and oxygen atoms in total. The zero-order valence-electron chi connectivity index (χ0n) is 10.1. The number of rotatable bonds is 8. The molecule has 4 heteroatoms. The average Bonchev–Trinajstić information content (AvgIpc) is 2.25. The Morgan fingerprint density at radius 1 is 1.33 bits per heavy atom. The molecule has 0 aromatic heterocycles. The maximum Gasteiger partial charge on any atom is 0.223 e. The highest BCUT2D eigenvalue weighted by Gasteiger charge is 2.08. The second kappa shape index (κ2) is 8.68. The summed E-state index contributed by atoms with van der Waals surface area (Å²) in [6, 6.07) is 0. The lowest BCUT2D eigenvalue weighted by molar-refractivity contribution is -0.130. The van der Waals surface area contributed by atoms with Gasteiger partial charge in [-0.2, -0.15) is 0 Å². The van der Waals surface area contributed by atoms with Crippen molar-refractivity contribution in [2.24, 2.45) is 0 Å². The Morgan fingerprint density at radius 2 is 1.93 bits per heavy atom. The van der Waals surface area contributed by atoms with Crippen LogP contribution in [0.3, 0.4) is 0 Å². The van der Waals surface area contributed by atoms with Crippen molar-refractivity contribution >= 4 is 5.91 Å². The van der Waals surface area contributed by atoms with E-state index in [2.05, 4.69) is 5.32 Å². The average molecular weight is 216 g/mol. The predicted molar refractivity (Wildman–Crippen MR) is 61.7 cm³/mol. The van der Waals surface area contributed by atoms with Crippen molar-refractivity contribution in [3.63, 3.8) is 0 Å². The zero-order valence-corrected chi connectivity index (χ0v) is 10.1. The van der Waals surface area contributed by atoms with Gasteiger partial charge in [-0.15, -0.1) is 0 Å². The van der Waals surface area contributed by atoms with Gasteiger partial charge >= 0.3 is 0 Å². The van der Waals surface area contributed by atoms with Crippen LogP contribution in [0.4, 0.5) is 0 Å². The number of carbonyl (C=O) groups excluding carboxylic acids is 1. The van der Waals surface area contributed by atoms with Gasteiger partial charge in [-0.25, -0.2) is 0 Å². The third-order valence-corrected chi connectivity index (χ3v) is 2.48. The molecule has 0 saturated heterocycles. The van der Waals surface area contributed by atoms with Crippen LogP contribution in [-0.2, 0) is 4.79 Å². The first-order chi connectivity index (χ1) is 7.15. The van der Waals surface area contributed by atoms with Crippen LogP contribution in [0.5, 0.6) is 0 Å². The Hall–Kier alpha value is -0.610. The smallest absolute Gasteiger partial charge is 0.223 e. The molecule has 0 aliphatic rings. The van der Waals surface area contributed by atoms with Crippen LogP contribution in [0.1, 0.15) is 33.6 Å². The van der Waals surface area contributed by atoms with E-state index in [9.17, 15) is 9.90 Å². The number of aliphatic hydroxyl groups is 1. The van der Waals surface area contributed by atoms with Gasteiger partial charge in [0.25, 0.3) is 0 Å². The minimum absolute atomic E-state index is 0.179. The van der Waals surface area contributed by atoms with Gasteiger partial charge in [0.2, 0.25) is 5.91 Å². The SMILES string of the molecule is CCC(O)CNCCC(=O)N(CC)CC. The molecule has 1 amide bonds. The zero-order chi connectivity index (χ0) is 11.7. The van der Waals surface area contributed by atoms with Gasteiger partial charge in [-0.3, -0.25) is 4.79 Å². The fourth-order valence-electron chi connectivity index (χ4n) is 1.34. The van der Waals surface area contributed by atoms with Crippen molar-refractivity contribution in [2.75, 3.05) is 26.2 Å². The quantitative estimate of drug-likeness (QED) is 0.584. The van der Waals surface area contributed by atoms with E-state index in [0.717, 1.165) is 19.5 Å². The van der Waals surface area contributed by atoms with Gasteiger partial charge < -0.3 is 15.3 Å². The molecule has 0 saturated carbocycles. The highest BCUT2D eigenvalue weighted by Crippen LogP contribution is 1.93. The first-order valence-electron chi connectivity index (χ1n) is 5.82. The summed E-state index contributed by atoms with van der Waals surface area (Å²) in [4.78, 5) is 13.4. The second-order valence-corrected chi connectivity index (χ2v) is 3.58. The van der Waals surface area contributed by atoms with E-state index >= 15 is 0 Å². The Labute approximate surface area is 92.7 Å². The van der Waals surface area contributed by atoms with Crippen molar-refractivity contribution in [3.05, 3.63) is 0 Å². The first-order valence-corrected chi connectivity index (χ1v) is 5.82. The molecule has 0 radical (unpaired) electrons. The van der Waals surface area contributed by atoms with Crippen LogP contribution in [0.25, 0.3) is 0 Å². The molecule has 0 spiro atoms. The largest absolute Gasteiger partial charge is 0.392 e. The van der Waals surface area contributed by atoms with E-state index in [4.69, 9.17) is 0 Å². The Kier molecular flexibility index (Phi) is 8.33. The molecular formula is C11H24N2O2. The van der Waals surface area contributed by atoms with Crippen LogP contribution in [0.2, 0.25) is 0 Å². The molecule has 90 valence electrons. The number of hydrogen-bond acceptors (Lipinski definition) is 3. The maximum atomic E-state index is 11.5. The Morgan fingerprint density at radius 3 is 2.40 bits per heavy atom. The van der Waals surface area contributed by atoms with E-state index in [1.807, 2.05) is 25.7 Å². The topological polar surface area (TPSA) is 52.6 Å². The fraction of sp³-hybridized carbons (Fsp3) is 0.909. The summed E-state index contributed by atoms with van der Waals surface area (Å²) in [5, 5.41) is 12.3. The molecule has 0 aliphatic carbocycles. The van der Waals surface area contributed by atoms with E-state index in [0.29, 0.717) is 19.5 Å². The van der Waals surface area contributed by atoms with Gasteiger partial charge in [0.1, 0.15) is 0 Å². The number of aliphatic hydroxyl groups excluding tert-OH is 1. The van der Waals surface area contributed by atoms with E-state index in [-0.39, 0.29) is 12.0 Å². The van der Waals surface area contributed by atoms with E-state index in [1.54, 1.807) is 0 Å². The molecule has 1 atom stereocenters. The molecule has 0 bridgehead atoms.